The molecule has 1 aliphatic heterocycles. The molecule has 17 heteroatoms. The number of nitrogens with zero attached hydrogens (tertiary/aromatic N) is 4. The van der Waals surface area contributed by atoms with Gasteiger partial charge in [0, 0.05) is 0 Å². The maximum absolute atomic E-state index is 13.1. The van der Waals surface area contributed by atoms with Gasteiger partial charge in [0.05, 0.1) is 12.2 Å². The third-order valence-corrected chi connectivity index (χ3v) is 6.31. The molecule has 3 amide bonds. The van der Waals surface area contributed by atoms with Crippen LogP contribution in [0.4, 0.5) is 0 Å². The lowest BCUT2D eigenvalue weighted by molar-refractivity contribution is -0.131. The van der Waals surface area contributed by atoms with E-state index in [1.54, 1.807) is 0 Å². The van der Waals surface area contributed by atoms with Crippen LogP contribution in [0.1, 0.15) is 37.8 Å². The van der Waals surface area contributed by atoms with Gasteiger partial charge in [-0.15, -0.1) is 0 Å². The van der Waals surface area contributed by atoms with E-state index in [1.807, 2.05) is 0 Å². The predicted molar refractivity (Wildman–Crippen MR) is 150 cm³/mol. The van der Waals surface area contributed by atoms with Crippen molar-refractivity contribution in [2.45, 2.75) is 44.8 Å². The molecule has 0 radical (unpaired) electrons. The second-order valence-electron chi connectivity index (χ2n) is 9.63. The molecule has 4 aromatic heterocycles. The number of hydrogen-bond acceptors (Lipinski definition) is 14. The number of carbonyl (C=O) groups is 3. The van der Waals surface area contributed by atoms with Gasteiger partial charge in [-0.3, -0.25) is 14.4 Å². The average molecular weight is 608 g/mol. The van der Waals surface area contributed by atoms with Gasteiger partial charge in [-0.2, -0.15) is 0 Å². The highest BCUT2D eigenvalue weighted by Crippen LogP contribution is 2.27. The van der Waals surface area contributed by atoms with E-state index in [0.29, 0.717) is 31.5 Å². The Hall–Kier alpha value is -5.71. The minimum atomic E-state index is -1.05. The van der Waals surface area contributed by atoms with Crippen LogP contribution in [-0.2, 0) is 25.7 Å². The number of nitrogens with two attached hydrogens (primary N) is 2. The van der Waals surface area contributed by atoms with Crippen LogP contribution in [0.25, 0.3) is 40.5 Å². The van der Waals surface area contributed by atoms with Gasteiger partial charge < -0.3 is 49.8 Å². The number of rotatable bonds is 4. The van der Waals surface area contributed by atoms with Gasteiger partial charge in [-0.1, -0.05) is 6.58 Å². The first-order valence-corrected chi connectivity index (χ1v) is 13.4. The van der Waals surface area contributed by atoms with Crippen molar-refractivity contribution in [2.75, 3.05) is 6.54 Å². The maximum Gasteiger partial charge on any atom is 0.286 e. The highest BCUT2D eigenvalue weighted by Gasteiger charge is 2.26. The first-order valence-electron chi connectivity index (χ1n) is 13.4. The van der Waals surface area contributed by atoms with Crippen LogP contribution in [0, 0.1) is 0 Å². The van der Waals surface area contributed by atoms with Crippen molar-refractivity contribution in [3.05, 3.63) is 55.2 Å². The molecule has 5 heterocycles. The standard InChI is InChI=1S/C27H29N9O8/c1-13-21(37)33-17(5-3-4-6-28)23(39)30-7-15-8-41-25(32-15)18-11-43-27(35-18)20-12-44-26(36-20)19-10-42-24(34-19)16(29)9-40-14(2)22(38)31-13/h8-13,17H,2-7,28-29H2,1H3,(H,30,39)(H,31,38)(H,33,37)/b16-9-. The van der Waals surface area contributed by atoms with Crippen LogP contribution < -0.4 is 27.4 Å². The topological polar surface area (TPSA) is 253 Å². The Kier molecular flexibility index (Phi) is 8.85. The smallest absolute Gasteiger partial charge is 0.286 e. The molecule has 17 nitrogen and oxygen atoms in total. The summed E-state index contributed by atoms with van der Waals surface area (Å²) in [5, 5.41) is 7.87. The van der Waals surface area contributed by atoms with E-state index in [1.165, 1.54) is 32.0 Å². The quantitative estimate of drug-likeness (QED) is 0.161. The number of hydrogen-bond donors (Lipinski definition) is 5. The van der Waals surface area contributed by atoms with E-state index < -0.39 is 29.8 Å². The molecule has 0 saturated heterocycles. The van der Waals surface area contributed by atoms with Gasteiger partial charge >= 0.3 is 0 Å². The minimum Gasteiger partial charge on any atom is -0.457 e. The van der Waals surface area contributed by atoms with Crippen molar-refractivity contribution in [3.8, 4) is 34.8 Å². The molecule has 4 aromatic rings. The number of nitrogens with one attached hydrogen (secondary N) is 3. The molecule has 1 aliphatic rings. The number of oxazole rings is 4. The second-order valence-corrected chi connectivity index (χ2v) is 9.63. The molecule has 7 N–H and O–H groups in total. The second kappa shape index (κ2) is 13.1. The average Bonchev–Trinajstić information content (AvgIpc) is 3.83. The van der Waals surface area contributed by atoms with Crippen LogP contribution in [0.3, 0.4) is 0 Å². The first-order chi connectivity index (χ1) is 21.2. The lowest BCUT2D eigenvalue weighted by atomic mass is 10.1. The monoisotopic (exact) mass is 607 g/mol. The Balaban J connectivity index is 1.41. The molecule has 8 bridgehead atoms. The summed E-state index contributed by atoms with van der Waals surface area (Å²) < 4.78 is 27.2. The van der Waals surface area contributed by atoms with Gasteiger partial charge in [0.2, 0.25) is 35.4 Å². The van der Waals surface area contributed by atoms with E-state index in [4.69, 9.17) is 33.9 Å². The molecule has 0 aromatic carbocycles. The third kappa shape index (κ3) is 6.84. The van der Waals surface area contributed by atoms with Crippen LogP contribution in [-0.4, -0.2) is 56.3 Å². The van der Waals surface area contributed by atoms with E-state index >= 15 is 0 Å². The largest absolute Gasteiger partial charge is 0.457 e. The molecule has 0 fully saturated rings. The van der Waals surface area contributed by atoms with Crippen molar-refractivity contribution in [2.24, 2.45) is 11.5 Å². The molecule has 5 rings (SSSR count). The Bertz CT molecular complexity index is 1700. The number of ether oxygens (including phenoxy) is 1. The summed E-state index contributed by atoms with van der Waals surface area (Å²) in [6, 6.07) is -1.96. The summed E-state index contributed by atoms with van der Waals surface area (Å²) in [4.78, 5) is 55.8. The zero-order chi connectivity index (χ0) is 31.2. The summed E-state index contributed by atoms with van der Waals surface area (Å²) in [6.45, 7) is 5.43. The van der Waals surface area contributed by atoms with Crippen molar-refractivity contribution < 1.29 is 36.8 Å². The Morgan fingerprint density at radius 1 is 0.841 bits per heavy atom. The van der Waals surface area contributed by atoms with Crippen molar-refractivity contribution >= 4 is 23.4 Å². The van der Waals surface area contributed by atoms with Crippen molar-refractivity contribution in [3.63, 3.8) is 0 Å². The molecular weight excluding hydrogens is 578 g/mol. The summed E-state index contributed by atoms with van der Waals surface area (Å²) in [6.07, 6.45) is 7.81. The van der Waals surface area contributed by atoms with Gasteiger partial charge in [-0.25, -0.2) is 19.9 Å². The molecule has 0 spiro atoms. The zero-order valence-corrected chi connectivity index (χ0v) is 23.5. The van der Waals surface area contributed by atoms with Crippen molar-refractivity contribution in [1.82, 2.24) is 35.9 Å². The van der Waals surface area contributed by atoms with Crippen LogP contribution >= 0.6 is 0 Å². The predicted octanol–water partition coefficient (Wildman–Crippen LogP) is 1.18. The van der Waals surface area contributed by atoms with E-state index in [2.05, 4.69) is 42.5 Å². The number of amides is 3. The molecule has 0 saturated carbocycles. The molecule has 0 aliphatic carbocycles. The van der Waals surface area contributed by atoms with Crippen LogP contribution in [0.2, 0.25) is 0 Å². The third-order valence-electron chi connectivity index (χ3n) is 6.31. The highest BCUT2D eigenvalue weighted by molar-refractivity contribution is 5.96. The molecular formula is C27H29N9O8. The lowest BCUT2D eigenvalue weighted by Gasteiger charge is -2.21. The molecule has 2 unspecified atom stereocenters. The normalized spacial score (nSPS) is 19.5. The molecule has 44 heavy (non-hydrogen) atoms. The number of unbranched alkanes of at least 4 members (excludes halogenated alkanes) is 1. The summed E-state index contributed by atoms with van der Waals surface area (Å²) in [5.41, 5.74) is 12.6. The fraction of sp³-hybridized carbons (Fsp3) is 0.296. The fourth-order valence-electron chi connectivity index (χ4n) is 3.93. The lowest BCUT2D eigenvalue weighted by Crippen LogP contribution is -2.52. The Morgan fingerprint density at radius 3 is 2.09 bits per heavy atom. The van der Waals surface area contributed by atoms with Crippen molar-refractivity contribution in [1.29, 1.82) is 0 Å². The molecule has 2 atom stereocenters. The van der Waals surface area contributed by atoms with Gasteiger partial charge in [0.1, 0.15) is 49.1 Å². The SMILES string of the molecule is C=C1O/C=C(\N)c2nc(co2)-c2nc(co2)-c2nc(co2)-c2nc(co2)CNC(=O)C(CCCCN)NC(=O)C(C)NC1=O. The summed E-state index contributed by atoms with van der Waals surface area (Å²) in [7, 11) is 0. The number of aromatic nitrogens is 4. The Labute approximate surface area is 249 Å². The van der Waals surface area contributed by atoms with Crippen LogP contribution in [0.5, 0.6) is 0 Å². The number of carbonyl (C=O) groups excluding carboxylic acids is 3. The number of fused-ring (bicyclic) bond motifs is 11. The van der Waals surface area contributed by atoms with E-state index in [9.17, 15) is 14.4 Å². The first kappa shape index (κ1) is 29.8. The Morgan fingerprint density at radius 2 is 1.43 bits per heavy atom. The highest BCUT2D eigenvalue weighted by atomic mass is 16.5. The van der Waals surface area contributed by atoms with Gasteiger partial charge in [0.25, 0.3) is 5.91 Å². The maximum atomic E-state index is 13.1. The summed E-state index contributed by atoms with van der Waals surface area (Å²) in [5.74, 6) is -1.93. The fourth-order valence-corrected chi connectivity index (χ4v) is 3.93. The van der Waals surface area contributed by atoms with Crippen LogP contribution in [0.15, 0.2) is 61.3 Å². The van der Waals surface area contributed by atoms with E-state index in [0.717, 1.165) is 6.26 Å². The van der Waals surface area contributed by atoms with Gasteiger partial charge in [-0.05, 0) is 32.7 Å². The van der Waals surface area contributed by atoms with Gasteiger partial charge in [0.15, 0.2) is 22.8 Å². The van der Waals surface area contributed by atoms with E-state index in [-0.39, 0.29) is 58.6 Å². The summed E-state index contributed by atoms with van der Waals surface area (Å²) >= 11 is 0. The molecule has 230 valence electrons. The zero-order valence-electron chi connectivity index (χ0n) is 23.5. The minimum absolute atomic E-state index is 0.00272.